The number of nitrogens with zero attached hydrogens (tertiary/aromatic N) is 4. The van der Waals surface area contributed by atoms with Crippen LogP contribution in [0.2, 0.25) is 0 Å². The van der Waals surface area contributed by atoms with Gasteiger partial charge in [-0.25, -0.2) is 12.7 Å². The van der Waals surface area contributed by atoms with Crippen molar-refractivity contribution in [2.75, 3.05) is 21.1 Å². The van der Waals surface area contributed by atoms with E-state index in [1.165, 1.54) is 24.0 Å². The molecule has 2 aromatic rings. The van der Waals surface area contributed by atoms with Crippen LogP contribution in [-0.4, -0.2) is 48.5 Å². The summed E-state index contributed by atoms with van der Waals surface area (Å²) in [5.74, 6) is 0. The van der Waals surface area contributed by atoms with Crippen molar-refractivity contribution in [2.24, 2.45) is 0 Å². The molecule has 6 nitrogen and oxygen atoms in total. The fourth-order valence-corrected chi connectivity index (χ4v) is 3.81. The first-order valence-electron chi connectivity index (χ1n) is 7.42. The second kappa shape index (κ2) is 6.82. The molecule has 0 aliphatic carbocycles. The molecule has 7 heteroatoms. The molecule has 0 aliphatic rings. The van der Waals surface area contributed by atoms with Gasteiger partial charge in [0.05, 0.1) is 18.1 Å². The van der Waals surface area contributed by atoms with E-state index >= 15 is 0 Å². The second-order valence-corrected chi connectivity index (χ2v) is 8.02. The Balaban J connectivity index is 2.22. The summed E-state index contributed by atoms with van der Waals surface area (Å²) in [6.07, 6.45) is 0. The van der Waals surface area contributed by atoms with Gasteiger partial charge in [0.2, 0.25) is 10.0 Å². The Morgan fingerprint density at radius 3 is 2.26 bits per heavy atom. The molecule has 1 heterocycles. The van der Waals surface area contributed by atoms with Crippen molar-refractivity contribution >= 4 is 10.0 Å². The maximum Gasteiger partial charge on any atom is 0.246 e. The highest BCUT2D eigenvalue weighted by Gasteiger charge is 2.26. The maximum atomic E-state index is 12.4. The maximum absolute atomic E-state index is 12.4. The van der Waals surface area contributed by atoms with Gasteiger partial charge in [0.1, 0.15) is 4.90 Å². The first kappa shape index (κ1) is 17.7. The third-order valence-electron chi connectivity index (χ3n) is 3.72. The molecular formula is C16H24N4O2S. The predicted octanol–water partition coefficient (Wildman–Crippen LogP) is 1.84. The Kier molecular flexibility index (Phi) is 5.23. The van der Waals surface area contributed by atoms with E-state index in [0.717, 1.165) is 6.54 Å². The SMILES string of the molecule is Cc1nn(CN(C)Cc2ccccc2)c(C)c1S(=O)(=O)N(C)C. The van der Waals surface area contributed by atoms with Crippen molar-refractivity contribution in [3.8, 4) is 0 Å². The fraction of sp³-hybridized carbons (Fsp3) is 0.438. The van der Waals surface area contributed by atoms with Crippen molar-refractivity contribution in [1.29, 1.82) is 0 Å². The summed E-state index contributed by atoms with van der Waals surface area (Å²) >= 11 is 0. The molecule has 0 saturated heterocycles. The summed E-state index contributed by atoms with van der Waals surface area (Å²) in [6, 6.07) is 10.1. The van der Waals surface area contributed by atoms with Crippen molar-refractivity contribution in [3.05, 3.63) is 47.3 Å². The topological polar surface area (TPSA) is 58.4 Å². The zero-order chi connectivity index (χ0) is 17.2. The molecule has 1 aromatic heterocycles. The van der Waals surface area contributed by atoms with Gasteiger partial charge in [0.25, 0.3) is 0 Å². The van der Waals surface area contributed by atoms with E-state index in [1.54, 1.807) is 18.5 Å². The number of hydrogen-bond acceptors (Lipinski definition) is 4. The number of benzene rings is 1. The monoisotopic (exact) mass is 336 g/mol. The number of aromatic nitrogens is 2. The molecule has 0 fully saturated rings. The van der Waals surface area contributed by atoms with Gasteiger partial charge in [-0.2, -0.15) is 5.10 Å². The van der Waals surface area contributed by atoms with Gasteiger partial charge in [-0.3, -0.25) is 9.58 Å². The highest BCUT2D eigenvalue weighted by molar-refractivity contribution is 7.89. The van der Waals surface area contributed by atoms with Crippen LogP contribution in [0.5, 0.6) is 0 Å². The van der Waals surface area contributed by atoms with E-state index in [2.05, 4.69) is 22.1 Å². The Morgan fingerprint density at radius 1 is 1.09 bits per heavy atom. The standard InChI is InChI=1S/C16H24N4O2S/c1-13-16(23(21,22)18(3)4)14(2)20(17-13)12-19(5)11-15-9-7-6-8-10-15/h6-10H,11-12H2,1-5H3. The highest BCUT2D eigenvalue weighted by Crippen LogP contribution is 2.22. The van der Waals surface area contributed by atoms with Crippen LogP contribution >= 0.6 is 0 Å². The number of aryl methyl sites for hydroxylation is 1. The van der Waals surface area contributed by atoms with Gasteiger partial charge < -0.3 is 0 Å². The molecule has 0 bridgehead atoms. The van der Waals surface area contributed by atoms with Crippen LogP contribution in [0.4, 0.5) is 0 Å². The van der Waals surface area contributed by atoms with Gasteiger partial charge in [0.15, 0.2) is 0 Å². The Labute approximate surface area is 138 Å². The van der Waals surface area contributed by atoms with Crippen LogP contribution in [0.3, 0.4) is 0 Å². The minimum Gasteiger partial charge on any atom is -0.283 e. The summed E-state index contributed by atoms with van der Waals surface area (Å²) in [7, 11) is 1.58. The highest BCUT2D eigenvalue weighted by atomic mass is 32.2. The lowest BCUT2D eigenvalue weighted by molar-refractivity contribution is 0.243. The van der Waals surface area contributed by atoms with Gasteiger partial charge in [-0.1, -0.05) is 30.3 Å². The normalized spacial score (nSPS) is 12.3. The van der Waals surface area contributed by atoms with Crippen LogP contribution < -0.4 is 0 Å². The van der Waals surface area contributed by atoms with E-state index in [-0.39, 0.29) is 0 Å². The van der Waals surface area contributed by atoms with Gasteiger partial charge >= 0.3 is 0 Å². The number of hydrogen-bond donors (Lipinski definition) is 0. The largest absolute Gasteiger partial charge is 0.283 e. The van der Waals surface area contributed by atoms with E-state index in [0.29, 0.717) is 23.0 Å². The van der Waals surface area contributed by atoms with Crippen molar-refractivity contribution in [3.63, 3.8) is 0 Å². The van der Waals surface area contributed by atoms with E-state index in [1.807, 2.05) is 25.2 Å². The average Bonchev–Trinajstić information content (AvgIpc) is 2.74. The lowest BCUT2D eigenvalue weighted by Gasteiger charge is -2.18. The molecule has 23 heavy (non-hydrogen) atoms. The van der Waals surface area contributed by atoms with Crippen LogP contribution in [0.15, 0.2) is 35.2 Å². The van der Waals surface area contributed by atoms with Crippen LogP contribution in [-0.2, 0) is 23.2 Å². The number of sulfonamides is 1. The first-order valence-corrected chi connectivity index (χ1v) is 8.86. The zero-order valence-electron chi connectivity index (χ0n) is 14.3. The number of rotatable bonds is 6. The van der Waals surface area contributed by atoms with Crippen LogP contribution in [0.1, 0.15) is 17.0 Å². The summed E-state index contributed by atoms with van der Waals surface area (Å²) in [6.45, 7) is 4.84. The zero-order valence-corrected chi connectivity index (χ0v) is 15.1. The molecule has 0 amide bonds. The van der Waals surface area contributed by atoms with Gasteiger partial charge in [-0.15, -0.1) is 0 Å². The van der Waals surface area contributed by atoms with Crippen molar-refractivity contribution in [1.82, 2.24) is 19.0 Å². The van der Waals surface area contributed by atoms with Gasteiger partial charge in [0, 0.05) is 20.6 Å². The molecule has 1 aromatic carbocycles. The second-order valence-electron chi connectivity index (χ2n) is 5.93. The molecule has 0 atom stereocenters. The average molecular weight is 336 g/mol. The molecule has 0 radical (unpaired) electrons. The first-order chi connectivity index (χ1) is 10.7. The van der Waals surface area contributed by atoms with Crippen molar-refractivity contribution in [2.45, 2.75) is 32.0 Å². The minimum atomic E-state index is -3.48. The molecule has 0 aliphatic heterocycles. The lowest BCUT2D eigenvalue weighted by atomic mass is 10.2. The smallest absolute Gasteiger partial charge is 0.246 e. The summed E-state index contributed by atoms with van der Waals surface area (Å²) in [4.78, 5) is 2.40. The van der Waals surface area contributed by atoms with E-state index in [9.17, 15) is 8.42 Å². The molecular weight excluding hydrogens is 312 g/mol. The molecule has 0 unspecified atom stereocenters. The predicted molar refractivity (Wildman–Crippen MR) is 90.5 cm³/mol. The van der Waals surface area contributed by atoms with Gasteiger partial charge in [-0.05, 0) is 26.5 Å². The van der Waals surface area contributed by atoms with Crippen LogP contribution in [0.25, 0.3) is 0 Å². The fourth-order valence-electron chi connectivity index (χ4n) is 2.55. The molecule has 0 spiro atoms. The molecule has 2 rings (SSSR count). The van der Waals surface area contributed by atoms with E-state index in [4.69, 9.17) is 0 Å². The van der Waals surface area contributed by atoms with E-state index < -0.39 is 10.0 Å². The Morgan fingerprint density at radius 2 is 1.70 bits per heavy atom. The van der Waals surface area contributed by atoms with Crippen LogP contribution in [0, 0.1) is 13.8 Å². The summed E-state index contributed by atoms with van der Waals surface area (Å²) < 4.78 is 27.8. The molecule has 0 saturated carbocycles. The molecule has 0 N–H and O–H groups in total. The quantitative estimate of drug-likeness (QED) is 0.808. The Bertz CT molecular complexity index is 767. The molecule has 126 valence electrons. The third kappa shape index (κ3) is 3.80. The minimum absolute atomic E-state index is 0.301. The lowest BCUT2D eigenvalue weighted by Crippen LogP contribution is -2.25. The Hall–Kier alpha value is -1.70. The third-order valence-corrected chi connectivity index (χ3v) is 5.79. The van der Waals surface area contributed by atoms with Crippen molar-refractivity contribution < 1.29 is 8.42 Å². The summed E-state index contributed by atoms with van der Waals surface area (Å²) in [5.41, 5.74) is 2.40. The summed E-state index contributed by atoms with van der Waals surface area (Å²) in [5, 5.41) is 4.41.